The van der Waals surface area contributed by atoms with Crippen molar-refractivity contribution >= 4 is 10.0 Å². The fraction of sp³-hybridized carbons (Fsp3) is 0.294. The van der Waals surface area contributed by atoms with Crippen LogP contribution in [0.1, 0.15) is 22.3 Å². The standard InChI is InChI=1S/C17H21NO3S/c1-12-5-7-15(8-6-12)11-18-22(19,20)17-13(2)9-16(21-4)10-14(17)3/h5-10,18H,11H2,1-4H3. The quantitative estimate of drug-likeness (QED) is 0.921. The fourth-order valence-electron chi connectivity index (χ4n) is 2.41. The summed E-state index contributed by atoms with van der Waals surface area (Å²) in [5.74, 6) is 0.660. The van der Waals surface area contributed by atoms with Crippen molar-refractivity contribution in [2.24, 2.45) is 0 Å². The summed E-state index contributed by atoms with van der Waals surface area (Å²) in [6.07, 6.45) is 0. The second-order valence-corrected chi connectivity index (χ2v) is 7.10. The van der Waals surface area contributed by atoms with Crippen molar-refractivity contribution in [2.45, 2.75) is 32.2 Å². The third kappa shape index (κ3) is 3.67. The average Bonchev–Trinajstić information content (AvgIpc) is 2.45. The van der Waals surface area contributed by atoms with Gasteiger partial charge >= 0.3 is 0 Å². The van der Waals surface area contributed by atoms with Gasteiger partial charge in [0.25, 0.3) is 0 Å². The predicted octanol–water partition coefficient (Wildman–Crippen LogP) is 3.10. The van der Waals surface area contributed by atoms with Crippen molar-refractivity contribution < 1.29 is 13.2 Å². The molecule has 0 atom stereocenters. The Balaban J connectivity index is 2.25. The summed E-state index contributed by atoms with van der Waals surface area (Å²) in [5, 5.41) is 0. The first-order chi connectivity index (χ1) is 10.3. The first-order valence-electron chi connectivity index (χ1n) is 7.04. The van der Waals surface area contributed by atoms with Crippen LogP contribution in [0.15, 0.2) is 41.3 Å². The zero-order valence-corrected chi connectivity index (χ0v) is 14.1. The maximum absolute atomic E-state index is 12.6. The van der Waals surface area contributed by atoms with Crippen LogP contribution in [0.4, 0.5) is 0 Å². The molecule has 4 nitrogen and oxygen atoms in total. The minimum Gasteiger partial charge on any atom is -0.497 e. The van der Waals surface area contributed by atoms with Gasteiger partial charge < -0.3 is 4.74 Å². The van der Waals surface area contributed by atoms with E-state index in [4.69, 9.17) is 4.74 Å². The Morgan fingerprint density at radius 3 is 2.05 bits per heavy atom. The Labute approximate surface area is 132 Å². The Hall–Kier alpha value is -1.85. The molecule has 0 saturated heterocycles. The molecule has 118 valence electrons. The van der Waals surface area contributed by atoms with Gasteiger partial charge in [-0.05, 0) is 49.6 Å². The van der Waals surface area contributed by atoms with Crippen LogP contribution in [0.3, 0.4) is 0 Å². The molecule has 0 aliphatic heterocycles. The average molecular weight is 319 g/mol. The van der Waals surface area contributed by atoms with Crippen molar-refractivity contribution in [2.75, 3.05) is 7.11 Å². The van der Waals surface area contributed by atoms with Gasteiger partial charge in [-0.15, -0.1) is 0 Å². The van der Waals surface area contributed by atoms with E-state index in [0.717, 1.165) is 11.1 Å². The van der Waals surface area contributed by atoms with E-state index in [1.54, 1.807) is 33.1 Å². The van der Waals surface area contributed by atoms with E-state index in [9.17, 15) is 8.42 Å². The molecule has 0 heterocycles. The van der Waals surface area contributed by atoms with E-state index in [1.165, 1.54) is 0 Å². The highest BCUT2D eigenvalue weighted by molar-refractivity contribution is 7.89. The molecule has 1 N–H and O–H groups in total. The number of ether oxygens (including phenoxy) is 1. The number of hydrogen-bond donors (Lipinski definition) is 1. The number of aryl methyl sites for hydroxylation is 3. The van der Waals surface area contributed by atoms with Gasteiger partial charge in [0.15, 0.2) is 0 Å². The lowest BCUT2D eigenvalue weighted by Gasteiger charge is -2.14. The lowest BCUT2D eigenvalue weighted by molar-refractivity contribution is 0.413. The van der Waals surface area contributed by atoms with Gasteiger partial charge in [-0.3, -0.25) is 0 Å². The molecule has 0 spiro atoms. The number of methoxy groups -OCH3 is 1. The smallest absolute Gasteiger partial charge is 0.241 e. The summed E-state index contributed by atoms with van der Waals surface area (Å²) in [7, 11) is -1.99. The van der Waals surface area contributed by atoms with Crippen LogP contribution in [0.25, 0.3) is 0 Å². The van der Waals surface area contributed by atoms with Crippen LogP contribution in [0, 0.1) is 20.8 Å². The molecule has 0 saturated carbocycles. The zero-order chi connectivity index (χ0) is 16.3. The molecule has 0 fully saturated rings. The van der Waals surface area contributed by atoms with Gasteiger partial charge in [-0.25, -0.2) is 13.1 Å². The maximum Gasteiger partial charge on any atom is 0.241 e. The molecular weight excluding hydrogens is 298 g/mol. The largest absolute Gasteiger partial charge is 0.497 e. The van der Waals surface area contributed by atoms with Gasteiger partial charge in [0, 0.05) is 6.54 Å². The molecule has 0 bridgehead atoms. The van der Waals surface area contributed by atoms with Crippen molar-refractivity contribution in [3.05, 3.63) is 58.7 Å². The monoisotopic (exact) mass is 319 g/mol. The van der Waals surface area contributed by atoms with Crippen LogP contribution < -0.4 is 9.46 Å². The summed E-state index contributed by atoms with van der Waals surface area (Å²) in [4.78, 5) is 0.320. The summed E-state index contributed by atoms with van der Waals surface area (Å²) in [6, 6.07) is 11.2. The third-order valence-electron chi connectivity index (χ3n) is 3.53. The van der Waals surface area contributed by atoms with E-state index >= 15 is 0 Å². The molecule has 2 aromatic carbocycles. The van der Waals surface area contributed by atoms with Gasteiger partial charge in [0.2, 0.25) is 10.0 Å². The molecule has 0 amide bonds. The number of nitrogens with one attached hydrogen (secondary N) is 1. The van der Waals surface area contributed by atoms with Crippen molar-refractivity contribution in [3.8, 4) is 5.75 Å². The van der Waals surface area contributed by atoms with Crippen molar-refractivity contribution in [3.63, 3.8) is 0 Å². The third-order valence-corrected chi connectivity index (χ3v) is 5.23. The Morgan fingerprint density at radius 1 is 1.00 bits per heavy atom. The van der Waals surface area contributed by atoms with Crippen molar-refractivity contribution in [1.29, 1.82) is 0 Å². The van der Waals surface area contributed by atoms with Crippen molar-refractivity contribution in [1.82, 2.24) is 4.72 Å². The SMILES string of the molecule is COc1cc(C)c(S(=O)(=O)NCc2ccc(C)cc2)c(C)c1. The van der Waals surface area contributed by atoms with Gasteiger partial charge in [0.1, 0.15) is 5.75 Å². The minimum absolute atomic E-state index is 0.271. The molecule has 0 radical (unpaired) electrons. The highest BCUT2D eigenvalue weighted by atomic mass is 32.2. The van der Waals surface area contributed by atoms with Gasteiger partial charge in [-0.2, -0.15) is 0 Å². The van der Waals surface area contributed by atoms with Crippen LogP contribution in [0.5, 0.6) is 5.75 Å². The van der Waals surface area contributed by atoms with Crippen LogP contribution in [0.2, 0.25) is 0 Å². The molecule has 5 heteroatoms. The Morgan fingerprint density at radius 2 is 1.55 bits per heavy atom. The summed E-state index contributed by atoms with van der Waals surface area (Å²) >= 11 is 0. The number of hydrogen-bond acceptors (Lipinski definition) is 3. The number of benzene rings is 2. The summed E-state index contributed by atoms with van der Waals surface area (Å²) < 4.78 is 33.0. The number of sulfonamides is 1. The van der Waals surface area contributed by atoms with E-state index in [0.29, 0.717) is 21.8 Å². The minimum atomic E-state index is -3.56. The molecule has 0 aliphatic rings. The molecule has 2 rings (SSSR count). The lowest BCUT2D eigenvalue weighted by atomic mass is 10.1. The molecule has 2 aromatic rings. The summed E-state index contributed by atoms with van der Waals surface area (Å²) in [6.45, 7) is 5.82. The molecule has 0 unspecified atom stereocenters. The van der Waals surface area contributed by atoms with E-state index in [2.05, 4.69) is 4.72 Å². The van der Waals surface area contributed by atoms with Crippen LogP contribution >= 0.6 is 0 Å². The van der Waals surface area contributed by atoms with Crippen LogP contribution in [-0.4, -0.2) is 15.5 Å². The fourth-order valence-corrected chi connectivity index (χ4v) is 3.88. The van der Waals surface area contributed by atoms with E-state index < -0.39 is 10.0 Å². The van der Waals surface area contributed by atoms with Crippen LogP contribution in [-0.2, 0) is 16.6 Å². The number of rotatable bonds is 5. The topological polar surface area (TPSA) is 55.4 Å². The molecule has 0 aromatic heterocycles. The lowest BCUT2D eigenvalue weighted by Crippen LogP contribution is -2.24. The Kier molecular flexibility index (Phi) is 4.88. The molecule has 22 heavy (non-hydrogen) atoms. The zero-order valence-electron chi connectivity index (χ0n) is 13.3. The highest BCUT2D eigenvalue weighted by Crippen LogP contribution is 2.25. The first-order valence-corrected chi connectivity index (χ1v) is 8.52. The maximum atomic E-state index is 12.6. The van der Waals surface area contributed by atoms with E-state index in [-0.39, 0.29) is 6.54 Å². The second-order valence-electron chi connectivity index (χ2n) is 5.40. The van der Waals surface area contributed by atoms with Gasteiger partial charge in [0.05, 0.1) is 12.0 Å². The summed E-state index contributed by atoms with van der Waals surface area (Å²) in [5.41, 5.74) is 3.42. The van der Waals surface area contributed by atoms with E-state index in [1.807, 2.05) is 31.2 Å². The molecule has 0 aliphatic carbocycles. The van der Waals surface area contributed by atoms with Gasteiger partial charge in [-0.1, -0.05) is 29.8 Å². The molecular formula is C17H21NO3S. The normalized spacial score (nSPS) is 11.5. The Bertz CT molecular complexity index is 742. The first kappa shape index (κ1) is 16.5. The second kappa shape index (κ2) is 6.50. The predicted molar refractivity (Wildman–Crippen MR) is 87.7 cm³/mol. The highest BCUT2D eigenvalue weighted by Gasteiger charge is 2.20.